The van der Waals surface area contributed by atoms with Crippen molar-refractivity contribution in [2.75, 3.05) is 31.6 Å². The van der Waals surface area contributed by atoms with Gasteiger partial charge in [0.05, 0.1) is 35.0 Å². The largest absolute Gasteiger partial charge is 0.416 e. The lowest BCUT2D eigenvalue weighted by molar-refractivity contribution is -0.137. The molecule has 1 aromatic heterocycles. The van der Waals surface area contributed by atoms with Crippen LogP contribution >= 0.6 is 0 Å². The minimum atomic E-state index is -4.62. The number of rotatable bonds is 5. The van der Waals surface area contributed by atoms with Crippen molar-refractivity contribution in [3.63, 3.8) is 0 Å². The van der Waals surface area contributed by atoms with Crippen LogP contribution in [0.2, 0.25) is 0 Å². The van der Waals surface area contributed by atoms with Crippen LogP contribution in [0.3, 0.4) is 0 Å². The number of alkyl halides is 3. The average molecular weight is 481 g/mol. The second-order valence-electron chi connectivity index (χ2n) is 7.06. The topological polar surface area (TPSA) is 106 Å². The van der Waals surface area contributed by atoms with E-state index in [-0.39, 0.29) is 34.9 Å². The molecule has 174 valence electrons. The number of benzene rings is 2. The zero-order valence-corrected chi connectivity index (χ0v) is 17.8. The number of hydrogen-bond donors (Lipinski definition) is 1. The lowest BCUT2D eigenvalue weighted by atomic mass is 10.1. The first-order valence-corrected chi connectivity index (χ1v) is 11.2. The number of hydrogen-bond acceptors (Lipinski definition) is 6. The van der Waals surface area contributed by atoms with Gasteiger partial charge in [-0.1, -0.05) is 0 Å². The molecule has 2 heterocycles. The molecule has 0 radical (unpaired) electrons. The molecule has 3 aromatic rings. The molecule has 0 spiro atoms. The Hall–Kier alpha value is -3.29. The van der Waals surface area contributed by atoms with E-state index < -0.39 is 27.7 Å². The number of sulfonamides is 1. The third-order valence-electron chi connectivity index (χ3n) is 4.96. The molecule has 1 N–H and O–H groups in total. The number of ether oxygens (including phenoxy) is 1. The molecule has 0 atom stereocenters. The molecule has 1 amide bonds. The summed E-state index contributed by atoms with van der Waals surface area (Å²) in [5.74, 6) is -0.717. The number of halogens is 3. The van der Waals surface area contributed by atoms with E-state index in [0.29, 0.717) is 13.2 Å². The summed E-state index contributed by atoms with van der Waals surface area (Å²) < 4.78 is 72.7. The molecule has 0 aliphatic carbocycles. The number of aromatic nitrogens is 3. The molecule has 13 heteroatoms. The van der Waals surface area contributed by atoms with E-state index in [9.17, 15) is 26.4 Å². The van der Waals surface area contributed by atoms with Gasteiger partial charge in [-0.2, -0.15) is 22.6 Å². The highest BCUT2D eigenvalue weighted by atomic mass is 32.2. The minimum absolute atomic E-state index is 0.00308. The second kappa shape index (κ2) is 8.92. The fourth-order valence-corrected chi connectivity index (χ4v) is 4.66. The predicted molar refractivity (Wildman–Crippen MR) is 110 cm³/mol. The number of anilines is 1. The van der Waals surface area contributed by atoms with Crippen molar-refractivity contribution in [1.82, 2.24) is 19.1 Å². The summed E-state index contributed by atoms with van der Waals surface area (Å²) in [6.45, 7) is 1.05. The quantitative estimate of drug-likeness (QED) is 0.601. The second-order valence-corrected chi connectivity index (χ2v) is 9.00. The summed E-state index contributed by atoms with van der Waals surface area (Å²) in [5.41, 5.74) is -0.836. The first kappa shape index (κ1) is 22.9. The monoisotopic (exact) mass is 481 g/mol. The van der Waals surface area contributed by atoms with Crippen LogP contribution in [0.4, 0.5) is 18.9 Å². The van der Waals surface area contributed by atoms with Gasteiger partial charge in [-0.25, -0.2) is 18.1 Å². The number of nitrogens with zero attached hydrogens (tertiary/aromatic N) is 4. The highest BCUT2D eigenvalue weighted by molar-refractivity contribution is 7.89. The Morgan fingerprint density at radius 3 is 2.36 bits per heavy atom. The van der Waals surface area contributed by atoms with Crippen LogP contribution < -0.4 is 5.32 Å². The lowest BCUT2D eigenvalue weighted by Gasteiger charge is -2.26. The van der Waals surface area contributed by atoms with Crippen LogP contribution in [0.15, 0.2) is 60.0 Å². The van der Waals surface area contributed by atoms with E-state index in [1.165, 1.54) is 52.0 Å². The fraction of sp³-hybridized carbons (Fsp3) is 0.250. The van der Waals surface area contributed by atoms with Gasteiger partial charge in [-0.05, 0) is 42.5 Å². The Balaban J connectivity index is 1.59. The average Bonchev–Trinajstić information content (AvgIpc) is 3.34. The molecule has 1 aliphatic heterocycles. The molecular formula is C20H18F3N5O4S. The van der Waals surface area contributed by atoms with Crippen molar-refractivity contribution in [2.24, 2.45) is 0 Å². The van der Waals surface area contributed by atoms with Crippen LogP contribution in [0, 0.1) is 0 Å². The maximum Gasteiger partial charge on any atom is 0.416 e. The van der Waals surface area contributed by atoms with E-state index in [0.717, 1.165) is 12.1 Å². The molecule has 9 nitrogen and oxygen atoms in total. The predicted octanol–water partition coefficient (Wildman–Crippen LogP) is 2.56. The Kier molecular flexibility index (Phi) is 6.19. The van der Waals surface area contributed by atoms with Gasteiger partial charge in [0.25, 0.3) is 5.91 Å². The standard InChI is InChI=1S/C20H18F3N5O4S/c21-20(22,23)15-3-6-18(28-13-24-12-25-28)17(11-15)26-19(29)14-1-4-16(5-2-14)33(30,31)27-7-9-32-10-8-27/h1-6,11-13H,7-10H2,(H,26,29). The fourth-order valence-electron chi connectivity index (χ4n) is 3.25. The number of nitrogens with one attached hydrogen (secondary N) is 1. The summed E-state index contributed by atoms with van der Waals surface area (Å²) >= 11 is 0. The Bertz CT molecular complexity index is 1240. The van der Waals surface area contributed by atoms with Gasteiger partial charge in [0.1, 0.15) is 12.7 Å². The van der Waals surface area contributed by atoms with E-state index in [2.05, 4.69) is 15.4 Å². The van der Waals surface area contributed by atoms with Crippen molar-refractivity contribution in [2.45, 2.75) is 11.1 Å². The van der Waals surface area contributed by atoms with Gasteiger partial charge in [0.2, 0.25) is 10.0 Å². The van der Waals surface area contributed by atoms with Gasteiger partial charge >= 0.3 is 6.18 Å². The molecule has 1 saturated heterocycles. The zero-order chi connectivity index (χ0) is 23.6. The van der Waals surface area contributed by atoms with Crippen LogP contribution in [-0.4, -0.2) is 59.7 Å². The summed E-state index contributed by atoms with van der Waals surface area (Å²) in [4.78, 5) is 16.5. The Morgan fingerprint density at radius 1 is 1.06 bits per heavy atom. The maximum atomic E-state index is 13.2. The van der Waals surface area contributed by atoms with Crippen molar-refractivity contribution in [1.29, 1.82) is 0 Å². The van der Waals surface area contributed by atoms with E-state index in [4.69, 9.17) is 4.74 Å². The number of morpholine rings is 1. The molecule has 2 aromatic carbocycles. The van der Waals surface area contributed by atoms with Crippen molar-refractivity contribution >= 4 is 21.6 Å². The van der Waals surface area contributed by atoms with Gasteiger partial charge in [0.15, 0.2) is 0 Å². The SMILES string of the molecule is O=C(Nc1cc(C(F)(F)F)ccc1-n1cncn1)c1ccc(S(=O)(=O)N2CCOCC2)cc1. The van der Waals surface area contributed by atoms with E-state index in [1.54, 1.807) is 0 Å². The summed E-state index contributed by atoms with van der Waals surface area (Å²) in [6.07, 6.45) is -2.13. The third kappa shape index (κ3) is 4.89. The Morgan fingerprint density at radius 2 is 1.76 bits per heavy atom. The van der Waals surface area contributed by atoms with Crippen LogP contribution in [0.25, 0.3) is 5.69 Å². The molecule has 4 rings (SSSR count). The summed E-state index contributed by atoms with van der Waals surface area (Å²) in [5, 5.41) is 6.34. The van der Waals surface area contributed by atoms with Crippen LogP contribution in [0.5, 0.6) is 0 Å². The maximum absolute atomic E-state index is 13.2. The molecule has 0 unspecified atom stereocenters. The van der Waals surface area contributed by atoms with Crippen molar-refractivity contribution < 1.29 is 31.1 Å². The van der Waals surface area contributed by atoms with Crippen LogP contribution in [0.1, 0.15) is 15.9 Å². The van der Waals surface area contributed by atoms with Gasteiger partial charge in [-0.15, -0.1) is 0 Å². The van der Waals surface area contributed by atoms with Crippen molar-refractivity contribution in [3.05, 3.63) is 66.2 Å². The first-order valence-electron chi connectivity index (χ1n) is 9.72. The van der Waals surface area contributed by atoms with Gasteiger partial charge < -0.3 is 10.1 Å². The highest BCUT2D eigenvalue weighted by Gasteiger charge is 2.31. The molecule has 1 fully saturated rings. The smallest absolute Gasteiger partial charge is 0.379 e. The number of carbonyl (C=O) groups is 1. The molecule has 0 bridgehead atoms. The molecule has 0 saturated carbocycles. The highest BCUT2D eigenvalue weighted by Crippen LogP contribution is 2.33. The van der Waals surface area contributed by atoms with Crippen LogP contribution in [-0.2, 0) is 20.9 Å². The number of carbonyl (C=O) groups excluding carboxylic acids is 1. The Labute approximate surface area is 186 Å². The zero-order valence-electron chi connectivity index (χ0n) is 17.0. The molecular weight excluding hydrogens is 463 g/mol. The normalized spacial score (nSPS) is 15.4. The van der Waals surface area contributed by atoms with E-state index >= 15 is 0 Å². The third-order valence-corrected chi connectivity index (χ3v) is 6.87. The summed E-state index contributed by atoms with van der Waals surface area (Å²) in [6, 6.07) is 8.00. The van der Waals surface area contributed by atoms with E-state index in [1.807, 2.05) is 0 Å². The number of amides is 1. The van der Waals surface area contributed by atoms with Crippen molar-refractivity contribution in [3.8, 4) is 5.69 Å². The van der Waals surface area contributed by atoms with Gasteiger partial charge in [-0.3, -0.25) is 4.79 Å². The molecule has 1 aliphatic rings. The molecule has 33 heavy (non-hydrogen) atoms. The summed E-state index contributed by atoms with van der Waals surface area (Å²) in [7, 11) is -3.74. The minimum Gasteiger partial charge on any atom is -0.379 e. The lowest BCUT2D eigenvalue weighted by Crippen LogP contribution is -2.40. The van der Waals surface area contributed by atoms with Gasteiger partial charge in [0, 0.05) is 18.7 Å². The first-order chi connectivity index (χ1) is 15.7.